The van der Waals surface area contributed by atoms with Gasteiger partial charge in [-0.3, -0.25) is 9.78 Å². The fourth-order valence-electron chi connectivity index (χ4n) is 2.45. The Hall–Kier alpha value is -2.11. The van der Waals surface area contributed by atoms with E-state index in [1.807, 2.05) is 11.8 Å². The molecule has 1 amide bonds. The highest BCUT2D eigenvalue weighted by Crippen LogP contribution is 2.22. The zero-order valence-electron chi connectivity index (χ0n) is 11.8. The van der Waals surface area contributed by atoms with Crippen LogP contribution < -0.4 is 4.90 Å². The molecule has 20 heavy (non-hydrogen) atoms. The Balaban J connectivity index is 2.25. The molecule has 0 saturated carbocycles. The molecule has 0 spiro atoms. The van der Waals surface area contributed by atoms with Gasteiger partial charge in [0.25, 0.3) is 0 Å². The smallest absolute Gasteiger partial charge is 0.339 e. The maximum absolute atomic E-state index is 11.4. The van der Waals surface area contributed by atoms with Crippen LogP contribution in [0.5, 0.6) is 0 Å². The van der Waals surface area contributed by atoms with Crippen LogP contribution in [0.15, 0.2) is 12.3 Å². The van der Waals surface area contributed by atoms with Crippen molar-refractivity contribution in [3.05, 3.63) is 23.5 Å². The van der Waals surface area contributed by atoms with Crippen LogP contribution in [0.4, 0.5) is 5.69 Å². The second-order valence-electron chi connectivity index (χ2n) is 4.99. The van der Waals surface area contributed by atoms with Crippen molar-refractivity contribution in [1.82, 2.24) is 9.88 Å². The van der Waals surface area contributed by atoms with Gasteiger partial charge in [-0.15, -0.1) is 0 Å². The summed E-state index contributed by atoms with van der Waals surface area (Å²) < 4.78 is 0. The highest BCUT2D eigenvalue weighted by Gasteiger charge is 2.21. The van der Waals surface area contributed by atoms with Crippen molar-refractivity contribution >= 4 is 17.6 Å². The van der Waals surface area contributed by atoms with Gasteiger partial charge < -0.3 is 14.9 Å². The first-order chi connectivity index (χ1) is 9.49. The van der Waals surface area contributed by atoms with Gasteiger partial charge in [0, 0.05) is 45.0 Å². The molecule has 1 N–H and O–H groups in total. The molecular weight excluding hydrogens is 258 g/mol. The lowest BCUT2D eigenvalue weighted by Gasteiger charge is -2.24. The number of hydrogen-bond acceptors (Lipinski definition) is 4. The number of amides is 1. The van der Waals surface area contributed by atoms with Crippen molar-refractivity contribution in [1.29, 1.82) is 0 Å². The molecule has 1 aliphatic heterocycles. The lowest BCUT2D eigenvalue weighted by atomic mass is 10.2. The van der Waals surface area contributed by atoms with E-state index >= 15 is 0 Å². The van der Waals surface area contributed by atoms with Gasteiger partial charge in [-0.05, 0) is 19.4 Å². The van der Waals surface area contributed by atoms with Crippen LogP contribution in [0, 0.1) is 6.92 Å². The van der Waals surface area contributed by atoms with Crippen LogP contribution >= 0.6 is 0 Å². The number of carbonyl (C=O) groups is 2. The minimum absolute atomic E-state index is 0.0659. The highest BCUT2D eigenvalue weighted by atomic mass is 16.4. The van der Waals surface area contributed by atoms with Crippen LogP contribution in [0.1, 0.15) is 29.4 Å². The number of nitrogens with zero attached hydrogens (tertiary/aromatic N) is 3. The first-order valence-corrected chi connectivity index (χ1v) is 6.69. The standard InChI is InChI=1S/C14H19N3O3/c1-10-8-13(12(9-15-10)14(19)20)17-5-3-4-16(6-7-17)11(2)18/h8-9H,3-7H2,1-2H3,(H,19,20). The minimum atomic E-state index is -0.972. The number of hydrogen-bond donors (Lipinski definition) is 1. The van der Waals surface area contributed by atoms with Gasteiger partial charge in [-0.25, -0.2) is 4.79 Å². The van der Waals surface area contributed by atoms with E-state index in [0.717, 1.165) is 25.2 Å². The predicted octanol–water partition coefficient (Wildman–Crippen LogP) is 1.15. The lowest BCUT2D eigenvalue weighted by Crippen LogP contribution is -2.34. The van der Waals surface area contributed by atoms with E-state index in [4.69, 9.17) is 0 Å². The number of rotatable bonds is 2. The first-order valence-electron chi connectivity index (χ1n) is 6.69. The SMILES string of the molecule is CC(=O)N1CCCN(c2cc(C)ncc2C(=O)O)CC1. The molecule has 2 heterocycles. The van der Waals surface area contributed by atoms with Gasteiger partial charge >= 0.3 is 5.97 Å². The second kappa shape index (κ2) is 5.90. The molecule has 1 aromatic rings. The van der Waals surface area contributed by atoms with Crippen LogP contribution in [0.3, 0.4) is 0 Å². The van der Waals surface area contributed by atoms with E-state index in [-0.39, 0.29) is 11.5 Å². The van der Waals surface area contributed by atoms with E-state index in [1.165, 1.54) is 6.20 Å². The van der Waals surface area contributed by atoms with Gasteiger partial charge in [-0.2, -0.15) is 0 Å². The average Bonchev–Trinajstić information content (AvgIpc) is 2.63. The quantitative estimate of drug-likeness (QED) is 0.877. The number of anilines is 1. The number of aryl methyl sites for hydroxylation is 1. The maximum atomic E-state index is 11.4. The summed E-state index contributed by atoms with van der Waals surface area (Å²) in [5.41, 5.74) is 1.69. The lowest BCUT2D eigenvalue weighted by molar-refractivity contribution is -0.128. The number of carboxylic acids is 1. The summed E-state index contributed by atoms with van der Waals surface area (Å²) in [5, 5.41) is 9.27. The van der Waals surface area contributed by atoms with Gasteiger partial charge in [0.2, 0.25) is 5.91 Å². The molecule has 0 atom stereocenters. The molecule has 108 valence electrons. The molecule has 0 aromatic carbocycles. The Morgan fingerprint density at radius 1 is 1.25 bits per heavy atom. The molecule has 1 saturated heterocycles. The van der Waals surface area contributed by atoms with Crippen molar-refractivity contribution in [3.8, 4) is 0 Å². The number of aromatic nitrogens is 1. The number of pyridine rings is 1. The van der Waals surface area contributed by atoms with Crippen molar-refractivity contribution in [2.24, 2.45) is 0 Å². The zero-order valence-corrected chi connectivity index (χ0v) is 11.8. The fraction of sp³-hybridized carbons (Fsp3) is 0.500. The summed E-state index contributed by atoms with van der Waals surface area (Å²) in [6.07, 6.45) is 2.24. The summed E-state index contributed by atoms with van der Waals surface area (Å²) in [4.78, 5) is 30.6. The molecule has 1 aromatic heterocycles. The largest absolute Gasteiger partial charge is 0.478 e. The van der Waals surface area contributed by atoms with Gasteiger partial charge in [0.1, 0.15) is 5.56 Å². The van der Waals surface area contributed by atoms with Gasteiger partial charge in [-0.1, -0.05) is 0 Å². The third-order valence-electron chi connectivity index (χ3n) is 3.53. The average molecular weight is 277 g/mol. The van der Waals surface area contributed by atoms with Gasteiger partial charge in [0.05, 0.1) is 5.69 Å². The second-order valence-corrected chi connectivity index (χ2v) is 4.99. The van der Waals surface area contributed by atoms with Crippen LogP contribution in [-0.2, 0) is 4.79 Å². The van der Waals surface area contributed by atoms with Crippen molar-refractivity contribution < 1.29 is 14.7 Å². The Kier molecular flexibility index (Phi) is 4.22. The molecule has 0 radical (unpaired) electrons. The molecule has 0 bridgehead atoms. The first kappa shape index (κ1) is 14.3. The fourth-order valence-corrected chi connectivity index (χ4v) is 2.45. The Morgan fingerprint density at radius 2 is 2.00 bits per heavy atom. The van der Waals surface area contributed by atoms with E-state index in [1.54, 1.807) is 17.9 Å². The van der Waals surface area contributed by atoms with Crippen molar-refractivity contribution in [2.45, 2.75) is 20.3 Å². The van der Waals surface area contributed by atoms with E-state index in [0.29, 0.717) is 18.8 Å². The molecule has 0 aliphatic carbocycles. The normalized spacial score (nSPS) is 15.9. The molecule has 6 nitrogen and oxygen atoms in total. The monoisotopic (exact) mass is 277 g/mol. The van der Waals surface area contributed by atoms with E-state index in [2.05, 4.69) is 4.98 Å². The molecule has 6 heteroatoms. The Morgan fingerprint density at radius 3 is 2.65 bits per heavy atom. The third kappa shape index (κ3) is 3.07. The maximum Gasteiger partial charge on any atom is 0.339 e. The Labute approximate surface area is 118 Å². The number of carbonyl (C=O) groups excluding carboxylic acids is 1. The number of aromatic carboxylic acids is 1. The zero-order chi connectivity index (χ0) is 14.7. The molecule has 0 unspecified atom stereocenters. The predicted molar refractivity (Wildman–Crippen MR) is 75.0 cm³/mol. The van der Waals surface area contributed by atoms with Gasteiger partial charge in [0.15, 0.2) is 0 Å². The minimum Gasteiger partial charge on any atom is -0.478 e. The van der Waals surface area contributed by atoms with Crippen molar-refractivity contribution in [3.63, 3.8) is 0 Å². The molecule has 1 aliphatic rings. The van der Waals surface area contributed by atoms with E-state index in [9.17, 15) is 14.7 Å². The summed E-state index contributed by atoms with van der Waals surface area (Å²) in [6.45, 7) is 6.13. The summed E-state index contributed by atoms with van der Waals surface area (Å²) in [5.74, 6) is -0.906. The topological polar surface area (TPSA) is 73.7 Å². The van der Waals surface area contributed by atoms with Crippen LogP contribution in [-0.4, -0.2) is 53.0 Å². The summed E-state index contributed by atoms with van der Waals surface area (Å²) in [6, 6.07) is 1.80. The third-order valence-corrected chi connectivity index (χ3v) is 3.53. The number of carboxylic acid groups (broad SMARTS) is 1. The molecule has 2 rings (SSSR count). The Bertz CT molecular complexity index is 530. The van der Waals surface area contributed by atoms with Crippen LogP contribution in [0.25, 0.3) is 0 Å². The summed E-state index contributed by atoms with van der Waals surface area (Å²) >= 11 is 0. The van der Waals surface area contributed by atoms with E-state index < -0.39 is 5.97 Å². The molecular formula is C14H19N3O3. The van der Waals surface area contributed by atoms with Crippen molar-refractivity contribution in [2.75, 3.05) is 31.1 Å². The highest BCUT2D eigenvalue weighted by molar-refractivity contribution is 5.94. The molecule has 1 fully saturated rings. The summed E-state index contributed by atoms with van der Waals surface area (Å²) in [7, 11) is 0. The van der Waals surface area contributed by atoms with Crippen LogP contribution in [0.2, 0.25) is 0 Å².